The average molecular weight is 225 g/mol. The van der Waals surface area contributed by atoms with Gasteiger partial charge in [0.05, 0.1) is 6.04 Å². The number of hydroxylamine groups is 1. The number of hydrogen-bond donors (Lipinski definition) is 1. The van der Waals surface area contributed by atoms with Gasteiger partial charge in [0, 0.05) is 6.42 Å². The van der Waals surface area contributed by atoms with Crippen LogP contribution in [0, 0.1) is 0 Å². The molecule has 2 aromatic carbocycles. The van der Waals surface area contributed by atoms with Crippen molar-refractivity contribution in [2.45, 2.75) is 18.6 Å². The molecule has 3 rings (SSSR count). The fraction of sp³-hybridized carbons (Fsp3) is 0.200. The highest BCUT2D eigenvalue weighted by Gasteiger charge is 2.27. The maximum absolute atomic E-state index is 5.66. The third-order valence-electron chi connectivity index (χ3n) is 3.18. The Hall–Kier alpha value is -1.64. The second-order valence-corrected chi connectivity index (χ2v) is 4.33. The molecule has 1 fully saturated rings. The Morgan fingerprint density at radius 2 is 1.41 bits per heavy atom. The molecule has 2 atom stereocenters. The van der Waals surface area contributed by atoms with Crippen LogP contribution in [0.3, 0.4) is 0 Å². The number of rotatable bonds is 2. The lowest BCUT2D eigenvalue weighted by Gasteiger charge is -2.08. The molecular weight excluding hydrogens is 210 g/mol. The fourth-order valence-corrected chi connectivity index (χ4v) is 2.24. The van der Waals surface area contributed by atoms with Crippen LogP contribution in [-0.2, 0) is 4.84 Å². The molecule has 0 saturated carbocycles. The highest BCUT2D eigenvalue weighted by Crippen LogP contribution is 2.34. The van der Waals surface area contributed by atoms with Gasteiger partial charge in [-0.05, 0) is 11.1 Å². The second kappa shape index (κ2) is 4.70. The van der Waals surface area contributed by atoms with Gasteiger partial charge in [-0.2, -0.15) is 5.48 Å². The standard InChI is InChI=1S/C15H15NO/c1-3-7-12(8-4-1)14-11-15(17-16-14)13-9-5-2-6-10-13/h1-10,14-16H,11H2/t14-,15-/m0/s1. The zero-order valence-electron chi connectivity index (χ0n) is 9.54. The lowest BCUT2D eigenvalue weighted by molar-refractivity contribution is 0.0255. The van der Waals surface area contributed by atoms with E-state index in [0.717, 1.165) is 6.42 Å². The Balaban J connectivity index is 1.75. The molecule has 2 nitrogen and oxygen atoms in total. The monoisotopic (exact) mass is 225 g/mol. The highest BCUT2D eigenvalue weighted by molar-refractivity contribution is 5.23. The summed E-state index contributed by atoms with van der Waals surface area (Å²) in [5.74, 6) is 0. The van der Waals surface area contributed by atoms with Crippen molar-refractivity contribution >= 4 is 0 Å². The summed E-state index contributed by atoms with van der Waals surface area (Å²) in [6.45, 7) is 0. The Morgan fingerprint density at radius 3 is 2.06 bits per heavy atom. The molecule has 0 unspecified atom stereocenters. The van der Waals surface area contributed by atoms with Gasteiger partial charge in [0.1, 0.15) is 6.10 Å². The van der Waals surface area contributed by atoms with E-state index in [1.165, 1.54) is 11.1 Å². The van der Waals surface area contributed by atoms with Crippen LogP contribution in [0.1, 0.15) is 29.7 Å². The highest BCUT2D eigenvalue weighted by atomic mass is 16.7. The zero-order chi connectivity index (χ0) is 11.5. The summed E-state index contributed by atoms with van der Waals surface area (Å²) in [7, 11) is 0. The summed E-state index contributed by atoms with van der Waals surface area (Å²) in [6, 6.07) is 21.1. The van der Waals surface area contributed by atoms with Gasteiger partial charge in [-0.1, -0.05) is 60.7 Å². The van der Waals surface area contributed by atoms with E-state index in [9.17, 15) is 0 Å². The van der Waals surface area contributed by atoms with E-state index in [2.05, 4.69) is 54.0 Å². The van der Waals surface area contributed by atoms with Crippen molar-refractivity contribution in [3.63, 3.8) is 0 Å². The first-order chi connectivity index (χ1) is 8.43. The van der Waals surface area contributed by atoms with Gasteiger partial charge >= 0.3 is 0 Å². The Labute approximate surface area is 101 Å². The lowest BCUT2D eigenvalue weighted by Crippen LogP contribution is -2.11. The molecule has 1 saturated heterocycles. The molecule has 0 aliphatic carbocycles. The minimum atomic E-state index is 0.154. The van der Waals surface area contributed by atoms with E-state index < -0.39 is 0 Å². The van der Waals surface area contributed by atoms with Gasteiger partial charge in [-0.25, -0.2) is 0 Å². The van der Waals surface area contributed by atoms with Crippen LogP contribution in [0.25, 0.3) is 0 Å². The molecule has 0 aromatic heterocycles. The van der Waals surface area contributed by atoms with Crippen LogP contribution < -0.4 is 5.48 Å². The molecule has 1 heterocycles. The van der Waals surface area contributed by atoms with E-state index >= 15 is 0 Å². The first kappa shape index (κ1) is 10.5. The number of hydrogen-bond acceptors (Lipinski definition) is 2. The number of nitrogens with one attached hydrogen (secondary N) is 1. The summed E-state index contributed by atoms with van der Waals surface area (Å²) in [5, 5.41) is 0. The molecule has 1 N–H and O–H groups in total. The van der Waals surface area contributed by atoms with Crippen LogP contribution in [0.5, 0.6) is 0 Å². The smallest absolute Gasteiger partial charge is 0.106 e. The van der Waals surface area contributed by atoms with Crippen molar-refractivity contribution in [2.75, 3.05) is 0 Å². The summed E-state index contributed by atoms with van der Waals surface area (Å²) < 4.78 is 0. The van der Waals surface area contributed by atoms with E-state index in [4.69, 9.17) is 4.84 Å². The van der Waals surface area contributed by atoms with Crippen molar-refractivity contribution in [3.8, 4) is 0 Å². The molecule has 2 heteroatoms. The predicted molar refractivity (Wildman–Crippen MR) is 67.2 cm³/mol. The van der Waals surface area contributed by atoms with Crippen LogP contribution in [0.2, 0.25) is 0 Å². The second-order valence-electron chi connectivity index (χ2n) is 4.33. The van der Waals surface area contributed by atoms with Crippen LogP contribution in [-0.4, -0.2) is 0 Å². The molecule has 1 aliphatic heterocycles. The van der Waals surface area contributed by atoms with Crippen molar-refractivity contribution in [1.29, 1.82) is 0 Å². The Bertz CT molecular complexity index is 423. The van der Waals surface area contributed by atoms with Crippen molar-refractivity contribution in [2.24, 2.45) is 0 Å². The van der Waals surface area contributed by atoms with Crippen molar-refractivity contribution in [3.05, 3.63) is 71.8 Å². The van der Waals surface area contributed by atoms with Gasteiger partial charge < -0.3 is 0 Å². The maximum atomic E-state index is 5.66. The summed E-state index contributed by atoms with van der Waals surface area (Å²) in [6.07, 6.45) is 1.13. The Morgan fingerprint density at radius 1 is 0.824 bits per heavy atom. The lowest BCUT2D eigenvalue weighted by atomic mass is 9.99. The van der Waals surface area contributed by atoms with E-state index in [1.807, 2.05) is 12.1 Å². The maximum Gasteiger partial charge on any atom is 0.106 e. The molecule has 1 aliphatic rings. The Kier molecular flexibility index (Phi) is 2.90. The summed E-state index contributed by atoms with van der Waals surface area (Å²) in [5.41, 5.74) is 5.64. The molecule has 2 aromatic rings. The molecule has 0 amide bonds. The van der Waals surface area contributed by atoms with Crippen LogP contribution in [0.4, 0.5) is 0 Å². The summed E-state index contributed by atoms with van der Waals surface area (Å²) >= 11 is 0. The quantitative estimate of drug-likeness (QED) is 0.845. The van der Waals surface area contributed by atoms with Gasteiger partial charge in [0.15, 0.2) is 0 Å². The molecule has 0 bridgehead atoms. The van der Waals surface area contributed by atoms with Gasteiger partial charge in [-0.3, -0.25) is 4.84 Å². The minimum absolute atomic E-state index is 0.154. The van der Waals surface area contributed by atoms with E-state index in [1.54, 1.807) is 0 Å². The number of benzene rings is 2. The van der Waals surface area contributed by atoms with Crippen molar-refractivity contribution < 1.29 is 4.84 Å². The largest absolute Gasteiger partial charge is 0.293 e. The normalized spacial score (nSPS) is 23.8. The van der Waals surface area contributed by atoms with Crippen LogP contribution >= 0.6 is 0 Å². The first-order valence-electron chi connectivity index (χ1n) is 5.94. The molecular formula is C15H15NO. The molecule has 0 radical (unpaired) electrons. The third kappa shape index (κ3) is 2.23. The SMILES string of the molecule is c1ccc([C@@H]2C[C@@H](c3ccccc3)ON2)cc1. The van der Waals surface area contributed by atoms with Gasteiger partial charge in [-0.15, -0.1) is 0 Å². The fourth-order valence-electron chi connectivity index (χ4n) is 2.24. The third-order valence-corrected chi connectivity index (χ3v) is 3.18. The zero-order valence-corrected chi connectivity index (χ0v) is 9.54. The molecule has 0 spiro atoms. The van der Waals surface area contributed by atoms with Gasteiger partial charge in [0.2, 0.25) is 0 Å². The van der Waals surface area contributed by atoms with Gasteiger partial charge in [0.25, 0.3) is 0 Å². The van der Waals surface area contributed by atoms with E-state index in [0.29, 0.717) is 6.04 Å². The molecule has 86 valence electrons. The minimum Gasteiger partial charge on any atom is -0.293 e. The first-order valence-corrected chi connectivity index (χ1v) is 5.94. The molecule has 17 heavy (non-hydrogen) atoms. The van der Waals surface area contributed by atoms with Crippen molar-refractivity contribution in [1.82, 2.24) is 5.48 Å². The average Bonchev–Trinajstić information content (AvgIpc) is 2.90. The van der Waals surface area contributed by atoms with Crippen LogP contribution in [0.15, 0.2) is 60.7 Å². The summed E-state index contributed by atoms with van der Waals surface area (Å²) in [4.78, 5) is 5.66. The van der Waals surface area contributed by atoms with E-state index in [-0.39, 0.29) is 6.10 Å². The predicted octanol–water partition coefficient (Wildman–Crippen LogP) is 3.39. The topological polar surface area (TPSA) is 21.3 Å².